The highest BCUT2D eigenvalue weighted by atomic mass is 16.5. The quantitative estimate of drug-likeness (QED) is 0.685. The molecule has 0 aromatic heterocycles. The van der Waals surface area contributed by atoms with Gasteiger partial charge in [0, 0.05) is 17.8 Å². The van der Waals surface area contributed by atoms with E-state index in [1.54, 1.807) is 0 Å². The molecule has 1 N–H and O–H groups in total. The number of allylic oxidation sites excluding steroid dienone is 1. The van der Waals surface area contributed by atoms with Gasteiger partial charge < -0.3 is 9.84 Å². The van der Waals surface area contributed by atoms with E-state index < -0.39 is 0 Å². The number of phenols is 1. The van der Waals surface area contributed by atoms with Crippen LogP contribution in [0.3, 0.4) is 0 Å². The largest absolute Gasteiger partial charge is 0.507 e. The first-order chi connectivity index (χ1) is 10.9. The molecule has 3 rings (SSSR count). The lowest BCUT2D eigenvalue weighted by Gasteiger charge is -2.47. The molecular formula is C19H22O4. The predicted octanol–water partition coefficient (Wildman–Crippen LogP) is 3.44. The second-order valence-corrected chi connectivity index (χ2v) is 6.96. The molecule has 2 aliphatic rings. The van der Waals surface area contributed by atoms with E-state index in [1.807, 2.05) is 19.1 Å². The van der Waals surface area contributed by atoms with Crippen molar-refractivity contribution in [1.82, 2.24) is 0 Å². The smallest absolute Gasteiger partial charge is 0.293 e. The van der Waals surface area contributed by atoms with Crippen molar-refractivity contribution < 1.29 is 19.4 Å². The number of ether oxygens (including phenoxy) is 1. The number of aryl methyl sites for hydroxylation is 1. The van der Waals surface area contributed by atoms with E-state index in [9.17, 15) is 14.7 Å². The molecule has 4 nitrogen and oxygen atoms in total. The molecule has 2 atom stereocenters. The number of benzene rings is 1. The second kappa shape index (κ2) is 5.52. The zero-order valence-electron chi connectivity index (χ0n) is 13.8. The third-order valence-electron chi connectivity index (χ3n) is 5.73. The average Bonchev–Trinajstić information content (AvgIpc) is 2.52. The minimum absolute atomic E-state index is 0.0259. The Labute approximate surface area is 136 Å². The lowest BCUT2D eigenvalue weighted by atomic mass is 9.56. The van der Waals surface area contributed by atoms with Gasteiger partial charge in [-0.15, -0.1) is 0 Å². The number of hydrogen-bond donors (Lipinski definition) is 1. The van der Waals surface area contributed by atoms with Crippen molar-refractivity contribution in [3.8, 4) is 5.75 Å². The fraction of sp³-hybridized carbons (Fsp3) is 0.474. The van der Waals surface area contributed by atoms with Crippen LogP contribution in [0.2, 0.25) is 0 Å². The van der Waals surface area contributed by atoms with Crippen molar-refractivity contribution >= 4 is 12.3 Å². The molecule has 0 saturated carbocycles. The summed E-state index contributed by atoms with van der Waals surface area (Å²) in [5.41, 5.74) is 4.20. The van der Waals surface area contributed by atoms with Crippen LogP contribution in [0.4, 0.5) is 0 Å². The first-order valence-corrected chi connectivity index (χ1v) is 8.00. The molecule has 0 spiro atoms. The second-order valence-electron chi connectivity index (χ2n) is 6.96. The predicted molar refractivity (Wildman–Crippen MR) is 86.6 cm³/mol. The maximum atomic E-state index is 12.7. The van der Waals surface area contributed by atoms with Gasteiger partial charge in [0.2, 0.25) is 0 Å². The van der Waals surface area contributed by atoms with Gasteiger partial charge in [0.05, 0.1) is 5.56 Å². The van der Waals surface area contributed by atoms with E-state index in [-0.39, 0.29) is 29.5 Å². The molecule has 1 aromatic carbocycles. The van der Waals surface area contributed by atoms with E-state index in [4.69, 9.17) is 4.74 Å². The number of hydrogen-bond acceptors (Lipinski definition) is 4. The standard InChI is InChI=1S/C19H22O4/c1-11-6-7-19(3)14-5-4-12(2)18(22)17(14)16(21)8-15(19)13(11)9-23-10-20/h4-5,10,15,22H,6-9H2,1-3H3. The molecule has 0 aliphatic heterocycles. The number of carbonyl (C=O) groups is 2. The van der Waals surface area contributed by atoms with Crippen molar-refractivity contribution in [3.63, 3.8) is 0 Å². The van der Waals surface area contributed by atoms with Crippen LogP contribution in [0.5, 0.6) is 5.75 Å². The van der Waals surface area contributed by atoms with Crippen LogP contribution >= 0.6 is 0 Å². The molecule has 0 amide bonds. The number of phenolic OH excluding ortho intramolecular Hbond substituents is 1. The van der Waals surface area contributed by atoms with Crippen molar-refractivity contribution in [2.24, 2.45) is 5.92 Å². The molecule has 0 bridgehead atoms. The van der Waals surface area contributed by atoms with E-state index >= 15 is 0 Å². The summed E-state index contributed by atoms with van der Waals surface area (Å²) < 4.78 is 5.00. The lowest BCUT2D eigenvalue weighted by molar-refractivity contribution is -0.128. The van der Waals surface area contributed by atoms with Crippen LogP contribution in [0.25, 0.3) is 0 Å². The highest BCUT2D eigenvalue weighted by Crippen LogP contribution is 2.53. The minimum Gasteiger partial charge on any atom is -0.507 e. The molecule has 0 fully saturated rings. The number of Topliss-reactive ketones (excluding diaryl/α,β-unsaturated/α-hetero) is 1. The molecule has 4 heteroatoms. The van der Waals surface area contributed by atoms with E-state index in [2.05, 4.69) is 13.8 Å². The number of rotatable bonds is 3. The number of aromatic hydroxyl groups is 1. The molecule has 122 valence electrons. The summed E-state index contributed by atoms with van der Waals surface area (Å²) in [7, 11) is 0. The summed E-state index contributed by atoms with van der Waals surface area (Å²) in [5, 5.41) is 10.4. The first-order valence-electron chi connectivity index (χ1n) is 8.00. The molecule has 2 aliphatic carbocycles. The number of carbonyl (C=O) groups excluding carboxylic acids is 2. The summed E-state index contributed by atoms with van der Waals surface area (Å²) in [5.74, 6) is 0.115. The summed E-state index contributed by atoms with van der Waals surface area (Å²) in [6.07, 6.45) is 2.19. The lowest BCUT2D eigenvalue weighted by Crippen LogP contribution is -2.43. The summed E-state index contributed by atoms with van der Waals surface area (Å²) in [6, 6.07) is 3.86. The molecule has 1 aromatic rings. The Morgan fingerprint density at radius 3 is 2.83 bits per heavy atom. The maximum Gasteiger partial charge on any atom is 0.293 e. The van der Waals surface area contributed by atoms with Crippen LogP contribution in [0, 0.1) is 12.8 Å². The molecule has 0 saturated heterocycles. The van der Waals surface area contributed by atoms with Crippen LogP contribution in [0.1, 0.15) is 54.6 Å². The Balaban J connectivity index is 2.15. The van der Waals surface area contributed by atoms with Gasteiger partial charge in [-0.1, -0.05) is 24.6 Å². The van der Waals surface area contributed by atoms with Crippen LogP contribution in [-0.4, -0.2) is 24.0 Å². The maximum absolute atomic E-state index is 12.7. The van der Waals surface area contributed by atoms with E-state index in [0.717, 1.165) is 29.5 Å². The summed E-state index contributed by atoms with van der Waals surface area (Å²) >= 11 is 0. The van der Waals surface area contributed by atoms with Gasteiger partial charge in [0.25, 0.3) is 6.47 Å². The van der Waals surface area contributed by atoms with Crippen LogP contribution < -0.4 is 0 Å². The van der Waals surface area contributed by atoms with Crippen LogP contribution in [0.15, 0.2) is 23.3 Å². The number of ketones is 1. The third kappa shape index (κ3) is 2.28. The Kier molecular flexibility index (Phi) is 3.78. The van der Waals surface area contributed by atoms with Gasteiger partial charge in [-0.2, -0.15) is 0 Å². The third-order valence-corrected chi connectivity index (χ3v) is 5.73. The minimum atomic E-state index is -0.213. The van der Waals surface area contributed by atoms with Crippen molar-refractivity contribution in [3.05, 3.63) is 40.0 Å². The van der Waals surface area contributed by atoms with Gasteiger partial charge in [-0.05, 0) is 43.4 Å². The first kappa shape index (κ1) is 15.8. The van der Waals surface area contributed by atoms with Crippen molar-refractivity contribution in [2.45, 2.75) is 45.4 Å². The van der Waals surface area contributed by atoms with Gasteiger partial charge >= 0.3 is 0 Å². The summed E-state index contributed by atoms with van der Waals surface area (Å²) in [6.45, 7) is 6.72. The molecule has 2 unspecified atom stereocenters. The van der Waals surface area contributed by atoms with Gasteiger partial charge in [-0.3, -0.25) is 9.59 Å². The molecular weight excluding hydrogens is 292 g/mol. The van der Waals surface area contributed by atoms with E-state index in [0.29, 0.717) is 18.5 Å². The van der Waals surface area contributed by atoms with E-state index in [1.165, 1.54) is 5.57 Å². The zero-order valence-corrected chi connectivity index (χ0v) is 13.8. The van der Waals surface area contributed by atoms with Crippen molar-refractivity contribution in [1.29, 1.82) is 0 Å². The van der Waals surface area contributed by atoms with Gasteiger partial charge in [0.1, 0.15) is 12.4 Å². The Morgan fingerprint density at radius 1 is 1.39 bits per heavy atom. The topological polar surface area (TPSA) is 63.6 Å². The van der Waals surface area contributed by atoms with Crippen LogP contribution in [-0.2, 0) is 14.9 Å². The highest BCUT2D eigenvalue weighted by Gasteiger charge is 2.48. The fourth-order valence-corrected chi connectivity index (χ4v) is 4.22. The zero-order chi connectivity index (χ0) is 16.8. The monoisotopic (exact) mass is 314 g/mol. The normalized spacial score (nSPS) is 26.6. The van der Waals surface area contributed by atoms with Gasteiger partial charge in [0.15, 0.2) is 5.78 Å². The fourth-order valence-electron chi connectivity index (χ4n) is 4.22. The summed E-state index contributed by atoms with van der Waals surface area (Å²) in [4.78, 5) is 23.3. The Morgan fingerprint density at radius 2 is 2.13 bits per heavy atom. The van der Waals surface area contributed by atoms with Gasteiger partial charge in [-0.25, -0.2) is 0 Å². The number of fused-ring (bicyclic) bond motifs is 3. The Bertz CT molecular complexity index is 716. The SMILES string of the molecule is CC1=C(COC=O)C2CC(=O)c3c(ccc(C)c3O)C2(C)CC1. The molecule has 0 radical (unpaired) electrons. The molecule has 23 heavy (non-hydrogen) atoms. The highest BCUT2D eigenvalue weighted by molar-refractivity contribution is 6.02. The average molecular weight is 314 g/mol. The Hall–Kier alpha value is -2.10. The molecule has 0 heterocycles. The van der Waals surface area contributed by atoms with Crippen molar-refractivity contribution in [2.75, 3.05) is 6.61 Å².